The molecule has 1 saturated heterocycles. The zero-order valence-electron chi connectivity index (χ0n) is 9.09. The number of rotatable bonds is 2. The largest absolute Gasteiger partial charge is 0.322 e. The third kappa shape index (κ3) is 2.52. The predicted molar refractivity (Wildman–Crippen MR) is 68.3 cm³/mol. The Kier molecular flexibility index (Phi) is 3.64. The van der Waals surface area contributed by atoms with Crippen molar-refractivity contribution >= 4 is 23.5 Å². The van der Waals surface area contributed by atoms with Gasteiger partial charge < -0.3 is 5.73 Å². The lowest BCUT2D eigenvalue weighted by Crippen LogP contribution is -2.34. The van der Waals surface area contributed by atoms with Gasteiger partial charge in [0.25, 0.3) is 0 Å². The van der Waals surface area contributed by atoms with Crippen LogP contribution < -0.4 is 5.73 Å². The highest BCUT2D eigenvalue weighted by Crippen LogP contribution is 2.36. The molecule has 0 amide bonds. The molecule has 0 aliphatic carbocycles. The molecule has 2 heterocycles. The Hall–Kier alpha value is -0.130. The molecule has 3 unspecified atom stereocenters. The quantitative estimate of drug-likeness (QED) is 0.858. The molecule has 1 aliphatic heterocycles. The summed E-state index contributed by atoms with van der Waals surface area (Å²) in [5, 5.41) is 5.51. The zero-order valence-corrected chi connectivity index (χ0v) is 10.7. The highest BCUT2D eigenvalue weighted by Gasteiger charge is 2.30. The summed E-state index contributed by atoms with van der Waals surface area (Å²) in [5.74, 6) is 2.46. The first kappa shape index (κ1) is 11.4. The van der Waals surface area contributed by atoms with E-state index in [0.717, 1.165) is 5.69 Å². The number of aromatic nitrogens is 2. The van der Waals surface area contributed by atoms with Crippen LogP contribution in [0.25, 0.3) is 0 Å². The predicted octanol–water partition coefficient (Wildman–Crippen LogP) is 1.66. The zero-order chi connectivity index (χ0) is 10.8. The molecule has 84 valence electrons. The molecule has 0 radical (unpaired) electrons. The summed E-state index contributed by atoms with van der Waals surface area (Å²) < 4.78 is 1.82. The van der Waals surface area contributed by atoms with Crippen LogP contribution in [0.2, 0.25) is 0 Å². The Morgan fingerprint density at radius 2 is 2.27 bits per heavy atom. The SMILES string of the molecule is CC1SCCSC1C(N)c1ccn(C)n1. The highest BCUT2D eigenvalue weighted by atomic mass is 32.2. The van der Waals surface area contributed by atoms with Gasteiger partial charge in [0.15, 0.2) is 0 Å². The summed E-state index contributed by atoms with van der Waals surface area (Å²) in [6, 6.07) is 2.09. The second-order valence-corrected chi connectivity index (χ2v) is 6.62. The number of aryl methyl sites for hydroxylation is 1. The van der Waals surface area contributed by atoms with E-state index in [9.17, 15) is 0 Å². The maximum atomic E-state index is 6.26. The lowest BCUT2D eigenvalue weighted by atomic mass is 10.1. The molecule has 3 nitrogen and oxygen atoms in total. The Morgan fingerprint density at radius 1 is 1.53 bits per heavy atom. The second-order valence-electron chi connectivity index (χ2n) is 3.85. The van der Waals surface area contributed by atoms with Crippen LogP contribution in [0.5, 0.6) is 0 Å². The van der Waals surface area contributed by atoms with E-state index >= 15 is 0 Å². The fraction of sp³-hybridized carbons (Fsp3) is 0.700. The standard InChI is InChI=1S/C10H17N3S2/c1-7-10(15-6-5-14-7)9(11)8-3-4-13(2)12-8/h3-4,7,9-10H,5-6,11H2,1-2H3. The summed E-state index contributed by atoms with van der Waals surface area (Å²) in [6.07, 6.45) is 1.96. The summed E-state index contributed by atoms with van der Waals surface area (Å²) in [7, 11) is 1.93. The minimum absolute atomic E-state index is 0.0685. The maximum absolute atomic E-state index is 6.26. The highest BCUT2D eigenvalue weighted by molar-refractivity contribution is 8.07. The molecular weight excluding hydrogens is 226 g/mol. The van der Waals surface area contributed by atoms with Crippen molar-refractivity contribution in [1.29, 1.82) is 0 Å². The molecule has 0 aromatic carbocycles. The number of hydrogen-bond donors (Lipinski definition) is 1. The molecule has 5 heteroatoms. The van der Waals surface area contributed by atoms with E-state index in [0.29, 0.717) is 10.5 Å². The molecule has 1 fully saturated rings. The van der Waals surface area contributed by atoms with Gasteiger partial charge in [-0.15, -0.1) is 0 Å². The summed E-state index contributed by atoms with van der Waals surface area (Å²) in [5.41, 5.74) is 7.28. The van der Waals surface area contributed by atoms with Crippen molar-refractivity contribution in [2.45, 2.75) is 23.5 Å². The average Bonchev–Trinajstić information content (AvgIpc) is 2.65. The van der Waals surface area contributed by atoms with Gasteiger partial charge in [-0.25, -0.2) is 0 Å². The van der Waals surface area contributed by atoms with Crippen molar-refractivity contribution < 1.29 is 0 Å². The number of thioether (sulfide) groups is 2. The molecule has 1 aliphatic rings. The Morgan fingerprint density at radius 3 is 2.87 bits per heavy atom. The van der Waals surface area contributed by atoms with Gasteiger partial charge in [0.1, 0.15) is 0 Å². The van der Waals surface area contributed by atoms with Gasteiger partial charge in [-0.05, 0) is 6.07 Å². The van der Waals surface area contributed by atoms with Crippen LogP contribution in [0.15, 0.2) is 12.3 Å². The van der Waals surface area contributed by atoms with E-state index in [-0.39, 0.29) is 6.04 Å². The van der Waals surface area contributed by atoms with Gasteiger partial charge in [-0.2, -0.15) is 28.6 Å². The van der Waals surface area contributed by atoms with Crippen LogP contribution in [0.4, 0.5) is 0 Å². The van der Waals surface area contributed by atoms with Crippen molar-refractivity contribution in [3.8, 4) is 0 Å². The Balaban J connectivity index is 2.09. The summed E-state index contributed by atoms with van der Waals surface area (Å²) in [6.45, 7) is 2.27. The fourth-order valence-electron chi connectivity index (χ4n) is 1.82. The van der Waals surface area contributed by atoms with Gasteiger partial charge >= 0.3 is 0 Å². The lowest BCUT2D eigenvalue weighted by Gasteiger charge is -2.31. The molecule has 2 N–H and O–H groups in total. The van der Waals surface area contributed by atoms with E-state index in [2.05, 4.69) is 12.0 Å². The molecule has 1 aromatic rings. The van der Waals surface area contributed by atoms with Gasteiger partial charge in [0.05, 0.1) is 11.7 Å². The van der Waals surface area contributed by atoms with Crippen molar-refractivity contribution in [1.82, 2.24) is 9.78 Å². The van der Waals surface area contributed by atoms with Crippen molar-refractivity contribution in [2.75, 3.05) is 11.5 Å². The molecule has 3 atom stereocenters. The molecular formula is C10H17N3S2. The first-order valence-electron chi connectivity index (χ1n) is 5.17. The summed E-state index contributed by atoms with van der Waals surface area (Å²) in [4.78, 5) is 0. The van der Waals surface area contributed by atoms with Crippen LogP contribution in [-0.2, 0) is 7.05 Å². The number of nitrogens with two attached hydrogens (primary N) is 1. The second kappa shape index (κ2) is 4.80. The van der Waals surface area contributed by atoms with Crippen LogP contribution in [-0.4, -0.2) is 31.8 Å². The Labute approximate surface area is 99.2 Å². The van der Waals surface area contributed by atoms with E-state index in [1.807, 2.05) is 47.5 Å². The summed E-state index contributed by atoms with van der Waals surface area (Å²) >= 11 is 4.01. The van der Waals surface area contributed by atoms with Gasteiger partial charge in [-0.1, -0.05) is 6.92 Å². The fourth-order valence-corrected chi connectivity index (χ4v) is 4.69. The smallest absolute Gasteiger partial charge is 0.0803 e. The van der Waals surface area contributed by atoms with Crippen LogP contribution in [0, 0.1) is 0 Å². The van der Waals surface area contributed by atoms with Crippen molar-refractivity contribution in [3.05, 3.63) is 18.0 Å². The Bertz CT molecular complexity index is 326. The van der Waals surface area contributed by atoms with Crippen molar-refractivity contribution in [3.63, 3.8) is 0 Å². The molecule has 15 heavy (non-hydrogen) atoms. The van der Waals surface area contributed by atoms with Crippen LogP contribution in [0.3, 0.4) is 0 Å². The molecule has 0 spiro atoms. The topological polar surface area (TPSA) is 43.8 Å². The third-order valence-electron chi connectivity index (χ3n) is 2.67. The molecule has 0 bridgehead atoms. The molecule has 0 saturated carbocycles. The normalized spacial score (nSPS) is 29.0. The van der Waals surface area contributed by atoms with Crippen molar-refractivity contribution in [2.24, 2.45) is 12.8 Å². The van der Waals surface area contributed by atoms with E-state index < -0.39 is 0 Å². The minimum atomic E-state index is 0.0685. The van der Waals surface area contributed by atoms with Crippen LogP contribution >= 0.6 is 23.5 Å². The molecule has 1 aromatic heterocycles. The number of nitrogens with zero attached hydrogens (tertiary/aromatic N) is 2. The van der Waals surface area contributed by atoms with Gasteiger partial charge in [0, 0.05) is 35.3 Å². The van der Waals surface area contributed by atoms with Crippen LogP contribution in [0.1, 0.15) is 18.7 Å². The minimum Gasteiger partial charge on any atom is -0.322 e. The lowest BCUT2D eigenvalue weighted by molar-refractivity contribution is 0.623. The first-order valence-corrected chi connectivity index (χ1v) is 7.26. The number of hydrogen-bond acceptors (Lipinski definition) is 4. The van der Waals surface area contributed by atoms with E-state index in [1.54, 1.807) is 0 Å². The average molecular weight is 243 g/mol. The van der Waals surface area contributed by atoms with E-state index in [1.165, 1.54) is 11.5 Å². The maximum Gasteiger partial charge on any atom is 0.0803 e. The monoisotopic (exact) mass is 243 g/mol. The van der Waals surface area contributed by atoms with Gasteiger partial charge in [0.2, 0.25) is 0 Å². The van der Waals surface area contributed by atoms with E-state index in [4.69, 9.17) is 5.73 Å². The van der Waals surface area contributed by atoms with Gasteiger partial charge in [-0.3, -0.25) is 4.68 Å². The first-order chi connectivity index (χ1) is 7.18. The molecule has 2 rings (SSSR count). The third-order valence-corrected chi connectivity index (χ3v) is 5.88.